The highest BCUT2D eigenvalue weighted by Crippen LogP contribution is 2.43. The molecular weight excluding hydrogens is 357 g/mol. The number of carbonyl (C=O) groups excluding carboxylic acids is 1. The van der Waals surface area contributed by atoms with E-state index >= 15 is 0 Å². The van der Waals surface area contributed by atoms with Crippen molar-refractivity contribution in [3.05, 3.63) is 52.8 Å². The molecule has 0 unspecified atom stereocenters. The third kappa shape index (κ3) is 3.36. The highest BCUT2D eigenvalue weighted by atomic mass is 35.5. The fourth-order valence-corrected chi connectivity index (χ4v) is 3.84. The number of benzene rings is 2. The lowest BCUT2D eigenvalue weighted by Gasteiger charge is -2.29. The number of nitrogens with one attached hydrogen (secondary N) is 1. The van der Waals surface area contributed by atoms with Crippen LogP contribution in [0.1, 0.15) is 31.2 Å². The van der Waals surface area contributed by atoms with E-state index in [9.17, 15) is 9.18 Å². The zero-order valence-electron chi connectivity index (χ0n) is 14.8. The van der Waals surface area contributed by atoms with E-state index in [2.05, 4.69) is 5.32 Å². The van der Waals surface area contributed by atoms with E-state index in [0.29, 0.717) is 40.6 Å². The maximum atomic E-state index is 13.8. The maximum Gasteiger partial charge on any atom is 0.235 e. The second-order valence-corrected chi connectivity index (χ2v) is 6.85. The minimum absolute atomic E-state index is 0.178. The molecule has 1 amide bonds. The van der Waals surface area contributed by atoms with E-state index in [-0.39, 0.29) is 11.7 Å². The second-order valence-electron chi connectivity index (χ2n) is 6.44. The highest BCUT2D eigenvalue weighted by Gasteiger charge is 2.43. The first-order valence-electron chi connectivity index (χ1n) is 8.49. The van der Waals surface area contributed by atoms with Crippen LogP contribution in [0.3, 0.4) is 0 Å². The Balaban J connectivity index is 1.97. The third-order valence-corrected chi connectivity index (χ3v) is 5.29. The summed E-state index contributed by atoms with van der Waals surface area (Å²) >= 11 is 6.13. The predicted molar refractivity (Wildman–Crippen MR) is 99.7 cm³/mol. The SMILES string of the molecule is COc1cc(NC(=O)C2(c3cccc(F)c3)CCCC2)c(OC)cc1Cl. The van der Waals surface area contributed by atoms with Gasteiger partial charge < -0.3 is 14.8 Å². The molecule has 6 heteroatoms. The van der Waals surface area contributed by atoms with Gasteiger partial charge in [0.05, 0.1) is 30.3 Å². The number of anilines is 1. The predicted octanol–water partition coefficient (Wildman–Crippen LogP) is 4.95. The lowest BCUT2D eigenvalue weighted by Crippen LogP contribution is -2.38. The quantitative estimate of drug-likeness (QED) is 0.802. The Hall–Kier alpha value is -2.27. The Morgan fingerprint density at radius 3 is 2.42 bits per heavy atom. The molecule has 0 spiro atoms. The smallest absolute Gasteiger partial charge is 0.235 e. The number of methoxy groups -OCH3 is 2. The Kier molecular flexibility index (Phi) is 5.37. The Morgan fingerprint density at radius 1 is 1.12 bits per heavy atom. The van der Waals surface area contributed by atoms with Gasteiger partial charge in [0, 0.05) is 12.1 Å². The minimum atomic E-state index is -0.750. The van der Waals surface area contributed by atoms with Gasteiger partial charge in [-0.05, 0) is 30.5 Å². The number of rotatable bonds is 5. The summed E-state index contributed by atoms with van der Waals surface area (Å²) in [6.07, 6.45) is 3.20. The summed E-state index contributed by atoms with van der Waals surface area (Å²) in [5.74, 6) is 0.362. The zero-order valence-corrected chi connectivity index (χ0v) is 15.5. The summed E-state index contributed by atoms with van der Waals surface area (Å²) in [6.45, 7) is 0. The zero-order chi connectivity index (χ0) is 18.7. The molecule has 0 atom stereocenters. The summed E-state index contributed by atoms with van der Waals surface area (Å²) in [6, 6.07) is 9.52. The molecule has 4 nitrogen and oxygen atoms in total. The number of hydrogen-bond acceptors (Lipinski definition) is 3. The lowest BCUT2D eigenvalue weighted by atomic mass is 9.78. The van der Waals surface area contributed by atoms with Gasteiger partial charge in [-0.1, -0.05) is 36.6 Å². The molecule has 2 aromatic carbocycles. The lowest BCUT2D eigenvalue weighted by molar-refractivity contribution is -0.121. The molecule has 0 heterocycles. The largest absolute Gasteiger partial charge is 0.495 e. The van der Waals surface area contributed by atoms with E-state index in [1.165, 1.54) is 26.4 Å². The molecule has 0 aromatic heterocycles. The molecule has 0 aliphatic heterocycles. The first-order valence-corrected chi connectivity index (χ1v) is 8.87. The molecule has 2 aromatic rings. The minimum Gasteiger partial charge on any atom is -0.495 e. The van der Waals surface area contributed by atoms with Crippen LogP contribution in [-0.4, -0.2) is 20.1 Å². The number of halogens is 2. The number of amides is 1. The topological polar surface area (TPSA) is 47.6 Å². The fraction of sp³-hybridized carbons (Fsp3) is 0.350. The average molecular weight is 378 g/mol. The Bertz CT molecular complexity index is 819. The van der Waals surface area contributed by atoms with Gasteiger partial charge in [-0.25, -0.2) is 4.39 Å². The van der Waals surface area contributed by atoms with Gasteiger partial charge in [0.1, 0.15) is 17.3 Å². The molecule has 138 valence electrons. The van der Waals surface area contributed by atoms with Crippen molar-refractivity contribution >= 4 is 23.2 Å². The molecule has 0 radical (unpaired) electrons. The first-order chi connectivity index (χ1) is 12.5. The van der Waals surface area contributed by atoms with Crippen LogP contribution < -0.4 is 14.8 Å². The van der Waals surface area contributed by atoms with Crippen LogP contribution in [0.25, 0.3) is 0 Å². The van der Waals surface area contributed by atoms with Gasteiger partial charge in [0.25, 0.3) is 0 Å². The van der Waals surface area contributed by atoms with Crippen LogP contribution >= 0.6 is 11.6 Å². The third-order valence-electron chi connectivity index (χ3n) is 4.99. The Morgan fingerprint density at radius 2 is 1.81 bits per heavy atom. The van der Waals surface area contributed by atoms with Gasteiger partial charge in [-0.15, -0.1) is 0 Å². The van der Waals surface area contributed by atoms with Crippen LogP contribution in [0.5, 0.6) is 11.5 Å². The van der Waals surface area contributed by atoms with Crippen molar-refractivity contribution in [2.45, 2.75) is 31.1 Å². The standard InChI is InChI=1S/C20H21ClFNO3/c1-25-17-12-16(18(26-2)11-15(17)21)23-19(24)20(8-3-4-9-20)13-6-5-7-14(22)10-13/h5-7,10-12H,3-4,8-9H2,1-2H3,(H,23,24). The molecule has 1 aliphatic carbocycles. The maximum absolute atomic E-state index is 13.8. The average Bonchev–Trinajstić information content (AvgIpc) is 3.14. The molecule has 0 bridgehead atoms. The summed E-state index contributed by atoms with van der Waals surface area (Å²) in [7, 11) is 3.01. The molecule has 1 aliphatic rings. The second kappa shape index (κ2) is 7.54. The van der Waals surface area contributed by atoms with E-state index < -0.39 is 5.41 Å². The molecule has 3 rings (SSSR count). The molecule has 1 saturated carbocycles. The van der Waals surface area contributed by atoms with Crippen molar-refractivity contribution in [3.63, 3.8) is 0 Å². The first kappa shape index (κ1) is 18.5. The van der Waals surface area contributed by atoms with Crippen molar-refractivity contribution in [3.8, 4) is 11.5 Å². The van der Waals surface area contributed by atoms with Crippen LogP contribution in [0.4, 0.5) is 10.1 Å². The van der Waals surface area contributed by atoms with Crippen molar-refractivity contribution in [1.82, 2.24) is 0 Å². The van der Waals surface area contributed by atoms with E-state index in [1.54, 1.807) is 18.2 Å². The van der Waals surface area contributed by atoms with Gasteiger partial charge in [-0.3, -0.25) is 4.79 Å². The van der Waals surface area contributed by atoms with Gasteiger partial charge >= 0.3 is 0 Å². The van der Waals surface area contributed by atoms with E-state index in [1.807, 2.05) is 6.07 Å². The molecule has 1 fully saturated rings. The van der Waals surface area contributed by atoms with Crippen LogP contribution in [0, 0.1) is 5.82 Å². The number of carbonyl (C=O) groups is 1. The normalized spacial score (nSPS) is 15.5. The summed E-state index contributed by atoms with van der Waals surface area (Å²) in [5, 5.41) is 3.33. The summed E-state index contributed by atoms with van der Waals surface area (Å²) < 4.78 is 24.3. The van der Waals surface area contributed by atoms with Crippen LogP contribution in [-0.2, 0) is 10.2 Å². The fourth-order valence-electron chi connectivity index (χ4n) is 3.61. The van der Waals surface area contributed by atoms with Crippen molar-refractivity contribution < 1.29 is 18.7 Å². The molecule has 0 saturated heterocycles. The Labute approximate surface area is 157 Å². The molecule has 26 heavy (non-hydrogen) atoms. The number of hydrogen-bond donors (Lipinski definition) is 1. The molecule has 1 N–H and O–H groups in total. The van der Waals surface area contributed by atoms with Crippen molar-refractivity contribution in [2.24, 2.45) is 0 Å². The van der Waals surface area contributed by atoms with Gasteiger partial charge in [0.2, 0.25) is 5.91 Å². The van der Waals surface area contributed by atoms with E-state index in [4.69, 9.17) is 21.1 Å². The van der Waals surface area contributed by atoms with Crippen molar-refractivity contribution in [2.75, 3.05) is 19.5 Å². The van der Waals surface area contributed by atoms with Crippen LogP contribution in [0.15, 0.2) is 36.4 Å². The van der Waals surface area contributed by atoms with E-state index in [0.717, 1.165) is 12.8 Å². The highest BCUT2D eigenvalue weighted by molar-refractivity contribution is 6.32. The summed E-state index contributed by atoms with van der Waals surface area (Å²) in [4.78, 5) is 13.2. The number of ether oxygens (including phenoxy) is 2. The summed E-state index contributed by atoms with van der Waals surface area (Å²) in [5.41, 5.74) is 0.425. The van der Waals surface area contributed by atoms with Crippen LogP contribution in [0.2, 0.25) is 5.02 Å². The molecular formula is C20H21ClFNO3. The van der Waals surface area contributed by atoms with Gasteiger partial charge in [-0.2, -0.15) is 0 Å². The monoisotopic (exact) mass is 377 g/mol. The van der Waals surface area contributed by atoms with Crippen molar-refractivity contribution in [1.29, 1.82) is 0 Å². The van der Waals surface area contributed by atoms with Gasteiger partial charge in [0.15, 0.2) is 0 Å².